The summed E-state index contributed by atoms with van der Waals surface area (Å²) in [5.41, 5.74) is 0. The molecule has 0 fully saturated rings. The highest BCUT2D eigenvalue weighted by Gasteiger charge is 2.06. The molecule has 0 aliphatic rings. The molecule has 0 N–H and O–H groups in total. The van der Waals surface area contributed by atoms with E-state index < -0.39 is 0 Å². The first-order valence-electron chi connectivity index (χ1n) is 8.26. The van der Waals surface area contributed by atoms with Gasteiger partial charge in [-0.1, -0.05) is 66.2 Å². The van der Waals surface area contributed by atoms with Crippen LogP contribution in [0.1, 0.15) is 79.1 Å². The van der Waals surface area contributed by atoms with Crippen molar-refractivity contribution in [1.82, 2.24) is 4.90 Å². The second kappa shape index (κ2) is 12.0. The Morgan fingerprint density at radius 3 is 1.89 bits per heavy atom. The van der Waals surface area contributed by atoms with Crippen molar-refractivity contribution < 1.29 is 0 Å². The Morgan fingerprint density at radius 1 is 0.778 bits per heavy atom. The van der Waals surface area contributed by atoms with Crippen molar-refractivity contribution in [3.05, 3.63) is 0 Å². The van der Waals surface area contributed by atoms with E-state index in [2.05, 4.69) is 39.6 Å². The summed E-state index contributed by atoms with van der Waals surface area (Å²) in [6.07, 6.45) is 11.2. The predicted molar refractivity (Wildman–Crippen MR) is 84.1 cm³/mol. The first-order valence-corrected chi connectivity index (χ1v) is 8.26. The van der Waals surface area contributed by atoms with E-state index in [-0.39, 0.29) is 0 Å². The highest BCUT2D eigenvalue weighted by atomic mass is 15.1. The third-order valence-electron chi connectivity index (χ3n) is 4.23. The molecular formula is C17H37N. The molecule has 1 nitrogen and oxygen atoms in total. The highest BCUT2D eigenvalue weighted by molar-refractivity contribution is 4.59. The minimum atomic E-state index is 0.848. The minimum Gasteiger partial charge on any atom is -0.306 e. The van der Waals surface area contributed by atoms with Gasteiger partial charge in [0.15, 0.2) is 0 Å². The molecule has 0 spiro atoms. The third kappa shape index (κ3) is 11.1. The molecule has 0 rings (SSSR count). The maximum absolute atomic E-state index is 2.52. The average Bonchev–Trinajstić information content (AvgIpc) is 2.34. The molecule has 0 aromatic carbocycles. The van der Waals surface area contributed by atoms with Crippen molar-refractivity contribution in [1.29, 1.82) is 0 Å². The van der Waals surface area contributed by atoms with Gasteiger partial charge in [-0.3, -0.25) is 0 Å². The topological polar surface area (TPSA) is 3.24 Å². The summed E-state index contributed by atoms with van der Waals surface area (Å²) in [6.45, 7) is 11.9. The van der Waals surface area contributed by atoms with E-state index in [1.54, 1.807) is 0 Å². The van der Waals surface area contributed by atoms with Crippen LogP contribution in [0.25, 0.3) is 0 Å². The van der Waals surface area contributed by atoms with E-state index in [0.717, 1.165) is 11.8 Å². The van der Waals surface area contributed by atoms with E-state index in [1.165, 1.54) is 64.5 Å². The first-order chi connectivity index (χ1) is 8.57. The Balaban J connectivity index is 3.29. The highest BCUT2D eigenvalue weighted by Crippen LogP contribution is 2.17. The summed E-state index contributed by atoms with van der Waals surface area (Å²) < 4.78 is 0. The number of rotatable bonds is 12. The van der Waals surface area contributed by atoms with Crippen molar-refractivity contribution in [2.45, 2.75) is 79.1 Å². The minimum absolute atomic E-state index is 0.848. The molecule has 0 aromatic rings. The zero-order valence-electron chi connectivity index (χ0n) is 13.7. The van der Waals surface area contributed by atoms with Crippen LogP contribution in [0.4, 0.5) is 0 Å². The molecule has 0 radical (unpaired) electrons. The van der Waals surface area contributed by atoms with Crippen molar-refractivity contribution in [2.75, 3.05) is 20.1 Å². The van der Waals surface area contributed by atoms with Crippen LogP contribution in [0, 0.1) is 11.8 Å². The molecule has 0 heterocycles. The zero-order valence-corrected chi connectivity index (χ0v) is 13.7. The van der Waals surface area contributed by atoms with Crippen LogP contribution in [-0.2, 0) is 0 Å². The van der Waals surface area contributed by atoms with Crippen molar-refractivity contribution in [2.24, 2.45) is 11.8 Å². The predicted octanol–water partition coefficient (Wildman–Crippen LogP) is 5.35. The number of hydrogen-bond acceptors (Lipinski definition) is 1. The third-order valence-corrected chi connectivity index (χ3v) is 4.23. The molecule has 18 heavy (non-hydrogen) atoms. The maximum Gasteiger partial charge on any atom is -0.00218 e. The SMILES string of the molecule is CCCCCCCN(C)CCCCC(C)C(C)C. The van der Waals surface area contributed by atoms with Gasteiger partial charge in [0, 0.05) is 0 Å². The van der Waals surface area contributed by atoms with E-state index >= 15 is 0 Å². The lowest BCUT2D eigenvalue weighted by molar-refractivity contribution is 0.303. The fraction of sp³-hybridized carbons (Fsp3) is 1.00. The molecule has 1 heteroatoms. The molecule has 110 valence electrons. The molecule has 0 saturated carbocycles. The van der Waals surface area contributed by atoms with Crippen LogP contribution in [0.15, 0.2) is 0 Å². The Bertz CT molecular complexity index is 165. The van der Waals surface area contributed by atoms with Crippen molar-refractivity contribution >= 4 is 0 Å². The van der Waals surface area contributed by atoms with Gasteiger partial charge in [0.25, 0.3) is 0 Å². The average molecular weight is 255 g/mol. The van der Waals surface area contributed by atoms with Gasteiger partial charge in [0.2, 0.25) is 0 Å². The number of unbranched alkanes of at least 4 members (excludes halogenated alkanes) is 5. The van der Waals surface area contributed by atoms with Crippen LogP contribution in [0.3, 0.4) is 0 Å². The lowest BCUT2D eigenvalue weighted by atomic mass is 9.93. The van der Waals surface area contributed by atoms with Gasteiger partial charge in [-0.2, -0.15) is 0 Å². The largest absolute Gasteiger partial charge is 0.306 e. The van der Waals surface area contributed by atoms with E-state index in [4.69, 9.17) is 0 Å². The van der Waals surface area contributed by atoms with Crippen LogP contribution in [0.2, 0.25) is 0 Å². The van der Waals surface area contributed by atoms with Gasteiger partial charge in [-0.05, 0) is 44.8 Å². The van der Waals surface area contributed by atoms with E-state index in [0.29, 0.717) is 0 Å². The molecule has 1 unspecified atom stereocenters. The zero-order chi connectivity index (χ0) is 13.8. The molecule has 0 saturated heterocycles. The van der Waals surface area contributed by atoms with Gasteiger partial charge in [-0.25, -0.2) is 0 Å². The standard InChI is InChI=1S/C17H37N/c1-6-7-8-9-11-14-18(5)15-12-10-13-17(4)16(2)3/h16-17H,6-15H2,1-5H3. The number of hydrogen-bond donors (Lipinski definition) is 0. The van der Waals surface area contributed by atoms with Crippen molar-refractivity contribution in [3.8, 4) is 0 Å². The van der Waals surface area contributed by atoms with Gasteiger partial charge < -0.3 is 4.90 Å². The maximum atomic E-state index is 2.52. The molecule has 0 aromatic heterocycles. The van der Waals surface area contributed by atoms with Crippen LogP contribution in [0.5, 0.6) is 0 Å². The molecule has 0 aliphatic carbocycles. The lowest BCUT2D eigenvalue weighted by Gasteiger charge is -2.18. The molecule has 0 bridgehead atoms. The van der Waals surface area contributed by atoms with Gasteiger partial charge in [0.1, 0.15) is 0 Å². The second-order valence-electron chi connectivity index (χ2n) is 6.43. The van der Waals surface area contributed by atoms with Gasteiger partial charge in [-0.15, -0.1) is 0 Å². The normalized spacial score (nSPS) is 13.5. The van der Waals surface area contributed by atoms with Gasteiger partial charge >= 0.3 is 0 Å². The summed E-state index contributed by atoms with van der Waals surface area (Å²) in [7, 11) is 2.28. The van der Waals surface area contributed by atoms with Crippen LogP contribution in [-0.4, -0.2) is 25.0 Å². The fourth-order valence-corrected chi connectivity index (χ4v) is 2.28. The smallest absolute Gasteiger partial charge is 0.00218 e. The van der Waals surface area contributed by atoms with Crippen LogP contribution < -0.4 is 0 Å². The Morgan fingerprint density at radius 2 is 1.33 bits per heavy atom. The summed E-state index contributed by atoms with van der Waals surface area (Å²) in [6, 6.07) is 0. The Kier molecular flexibility index (Phi) is 12.0. The van der Waals surface area contributed by atoms with Crippen LogP contribution >= 0.6 is 0 Å². The molecular weight excluding hydrogens is 218 g/mol. The van der Waals surface area contributed by atoms with E-state index in [1.807, 2.05) is 0 Å². The summed E-state index contributed by atoms with van der Waals surface area (Å²) in [4.78, 5) is 2.52. The summed E-state index contributed by atoms with van der Waals surface area (Å²) in [5, 5.41) is 0. The fourth-order valence-electron chi connectivity index (χ4n) is 2.28. The summed E-state index contributed by atoms with van der Waals surface area (Å²) in [5.74, 6) is 1.74. The van der Waals surface area contributed by atoms with Crippen molar-refractivity contribution in [3.63, 3.8) is 0 Å². The monoisotopic (exact) mass is 255 g/mol. The molecule has 0 aliphatic heterocycles. The molecule has 1 atom stereocenters. The quantitative estimate of drug-likeness (QED) is 0.425. The Labute approximate surface area is 116 Å². The number of nitrogens with zero attached hydrogens (tertiary/aromatic N) is 1. The molecule has 0 amide bonds. The Hall–Kier alpha value is -0.0400. The summed E-state index contributed by atoms with van der Waals surface area (Å²) >= 11 is 0. The van der Waals surface area contributed by atoms with E-state index in [9.17, 15) is 0 Å². The second-order valence-corrected chi connectivity index (χ2v) is 6.43. The lowest BCUT2D eigenvalue weighted by Crippen LogP contribution is -2.21. The van der Waals surface area contributed by atoms with Gasteiger partial charge in [0.05, 0.1) is 0 Å². The first kappa shape index (κ1) is 18.0.